The van der Waals surface area contributed by atoms with Crippen LogP contribution in [0.1, 0.15) is 17.8 Å². The van der Waals surface area contributed by atoms with Crippen LogP contribution >= 0.6 is 11.3 Å². The number of aromatic nitrogens is 5. The number of thiazole rings is 1. The number of phenolic OH excluding ortho intramolecular Hbond substituents is 1. The van der Waals surface area contributed by atoms with Crippen molar-refractivity contribution >= 4 is 17.0 Å². The van der Waals surface area contributed by atoms with Crippen molar-refractivity contribution in [2.45, 2.75) is 19.3 Å². The van der Waals surface area contributed by atoms with Crippen LogP contribution in [0.15, 0.2) is 48.4 Å². The van der Waals surface area contributed by atoms with Crippen molar-refractivity contribution in [3.63, 3.8) is 0 Å². The zero-order valence-electron chi connectivity index (χ0n) is 12.8. The fraction of sp³-hybridized carbons (Fsp3) is 0.176. The van der Waals surface area contributed by atoms with E-state index in [1.54, 1.807) is 45.9 Å². The molecule has 4 rings (SSSR count). The minimum Gasteiger partial charge on any atom is -0.508 e. The van der Waals surface area contributed by atoms with E-state index in [0.29, 0.717) is 5.75 Å². The Morgan fingerprint density at radius 1 is 1.12 bits per heavy atom. The molecule has 0 saturated carbocycles. The maximum atomic E-state index is 9.31. The average molecular weight is 337 g/mol. The standard InChI is InChI=1S/C17H15N5OS/c23-13-6-4-12(5-7-13)2-1-3-15-20-17-16(14-10-18-11-24-14)19-8-9-22(17)21-15/h4-11,23H,1-3H2. The summed E-state index contributed by atoms with van der Waals surface area (Å²) in [6, 6.07) is 7.31. The summed E-state index contributed by atoms with van der Waals surface area (Å²) >= 11 is 1.54. The molecule has 120 valence electrons. The van der Waals surface area contributed by atoms with Crippen LogP contribution in [0.2, 0.25) is 0 Å². The van der Waals surface area contributed by atoms with Gasteiger partial charge in [0.05, 0.1) is 10.4 Å². The van der Waals surface area contributed by atoms with Gasteiger partial charge in [-0.25, -0.2) is 14.5 Å². The Morgan fingerprint density at radius 2 is 2.00 bits per heavy atom. The SMILES string of the molecule is Oc1ccc(CCCc2nc3c(-c4cncs4)nccn3n2)cc1. The van der Waals surface area contributed by atoms with E-state index in [-0.39, 0.29) is 0 Å². The Labute approximate surface area is 142 Å². The van der Waals surface area contributed by atoms with E-state index in [9.17, 15) is 5.11 Å². The molecule has 7 heteroatoms. The maximum absolute atomic E-state index is 9.31. The lowest BCUT2D eigenvalue weighted by atomic mass is 10.1. The summed E-state index contributed by atoms with van der Waals surface area (Å²) in [6.07, 6.45) is 8.02. The van der Waals surface area contributed by atoms with E-state index in [1.165, 1.54) is 5.56 Å². The molecule has 0 bridgehead atoms. The molecule has 0 unspecified atom stereocenters. The van der Waals surface area contributed by atoms with Crippen molar-refractivity contribution in [1.29, 1.82) is 0 Å². The third-order valence-electron chi connectivity index (χ3n) is 3.77. The van der Waals surface area contributed by atoms with Gasteiger partial charge in [-0.05, 0) is 30.5 Å². The second-order valence-electron chi connectivity index (χ2n) is 5.46. The lowest BCUT2D eigenvalue weighted by Gasteiger charge is -1.99. The summed E-state index contributed by atoms with van der Waals surface area (Å²) in [5, 5.41) is 13.9. The van der Waals surface area contributed by atoms with Crippen molar-refractivity contribution in [3.05, 3.63) is 59.8 Å². The summed E-state index contributed by atoms with van der Waals surface area (Å²) in [7, 11) is 0. The number of benzene rings is 1. The lowest BCUT2D eigenvalue weighted by Crippen LogP contribution is -1.93. The smallest absolute Gasteiger partial charge is 0.182 e. The Morgan fingerprint density at radius 3 is 2.79 bits per heavy atom. The van der Waals surface area contributed by atoms with Crippen LogP contribution in [-0.4, -0.2) is 29.7 Å². The van der Waals surface area contributed by atoms with E-state index in [4.69, 9.17) is 0 Å². The normalized spacial score (nSPS) is 11.2. The third-order valence-corrected chi connectivity index (χ3v) is 4.55. The summed E-state index contributed by atoms with van der Waals surface area (Å²) in [5.74, 6) is 1.11. The number of nitrogens with zero attached hydrogens (tertiary/aromatic N) is 5. The topological polar surface area (TPSA) is 76.2 Å². The fourth-order valence-corrected chi connectivity index (χ4v) is 3.20. The van der Waals surface area contributed by atoms with Gasteiger partial charge in [-0.2, -0.15) is 5.10 Å². The molecule has 4 aromatic rings. The minimum atomic E-state index is 0.295. The van der Waals surface area contributed by atoms with E-state index in [1.807, 2.05) is 18.3 Å². The van der Waals surface area contributed by atoms with Crippen molar-refractivity contribution in [2.75, 3.05) is 0 Å². The molecule has 1 N–H and O–H groups in total. The molecule has 0 aliphatic rings. The van der Waals surface area contributed by atoms with Crippen LogP contribution in [0.25, 0.3) is 16.2 Å². The van der Waals surface area contributed by atoms with Crippen LogP contribution in [0.4, 0.5) is 0 Å². The first-order chi connectivity index (χ1) is 11.8. The number of aromatic hydroxyl groups is 1. The molecular weight excluding hydrogens is 322 g/mol. The van der Waals surface area contributed by atoms with Crippen molar-refractivity contribution in [1.82, 2.24) is 24.6 Å². The largest absolute Gasteiger partial charge is 0.508 e. The average Bonchev–Trinajstić information content (AvgIpc) is 3.25. The van der Waals surface area contributed by atoms with E-state index >= 15 is 0 Å². The van der Waals surface area contributed by atoms with Crippen LogP contribution in [0.5, 0.6) is 5.75 Å². The van der Waals surface area contributed by atoms with Gasteiger partial charge in [0.15, 0.2) is 11.5 Å². The van der Waals surface area contributed by atoms with Gasteiger partial charge >= 0.3 is 0 Å². The number of rotatable bonds is 5. The van der Waals surface area contributed by atoms with Gasteiger partial charge < -0.3 is 5.11 Å². The molecular formula is C17H15N5OS. The second kappa shape index (κ2) is 6.37. The van der Waals surface area contributed by atoms with Crippen molar-refractivity contribution < 1.29 is 5.11 Å². The molecule has 0 aliphatic carbocycles. The van der Waals surface area contributed by atoms with Gasteiger partial charge in [0, 0.05) is 25.0 Å². The molecule has 0 spiro atoms. The molecule has 0 aliphatic heterocycles. The highest BCUT2D eigenvalue weighted by Gasteiger charge is 2.12. The molecule has 0 saturated heterocycles. The Balaban J connectivity index is 1.51. The predicted octanol–water partition coefficient (Wildman–Crippen LogP) is 3.13. The van der Waals surface area contributed by atoms with Gasteiger partial charge in [-0.1, -0.05) is 12.1 Å². The van der Waals surface area contributed by atoms with Gasteiger partial charge in [-0.3, -0.25) is 4.98 Å². The van der Waals surface area contributed by atoms with E-state index in [0.717, 1.165) is 41.3 Å². The summed E-state index contributed by atoms with van der Waals surface area (Å²) in [6.45, 7) is 0. The number of hydrogen-bond donors (Lipinski definition) is 1. The Hall–Kier alpha value is -2.80. The maximum Gasteiger partial charge on any atom is 0.182 e. The second-order valence-corrected chi connectivity index (χ2v) is 6.34. The molecule has 1 aromatic carbocycles. The van der Waals surface area contributed by atoms with Crippen molar-refractivity contribution in [3.8, 4) is 16.3 Å². The fourth-order valence-electron chi connectivity index (χ4n) is 2.59. The van der Waals surface area contributed by atoms with Gasteiger partial charge in [0.1, 0.15) is 11.4 Å². The molecule has 6 nitrogen and oxygen atoms in total. The highest BCUT2D eigenvalue weighted by Crippen LogP contribution is 2.24. The van der Waals surface area contributed by atoms with Crippen LogP contribution in [-0.2, 0) is 12.8 Å². The zero-order chi connectivity index (χ0) is 16.4. The zero-order valence-corrected chi connectivity index (χ0v) is 13.6. The third kappa shape index (κ3) is 2.98. The Kier molecular flexibility index (Phi) is 3.92. The summed E-state index contributed by atoms with van der Waals surface area (Å²) in [4.78, 5) is 14.2. The molecule has 0 atom stereocenters. The Bertz CT molecular complexity index is 947. The molecule has 0 amide bonds. The monoisotopic (exact) mass is 337 g/mol. The quantitative estimate of drug-likeness (QED) is 0.605. The van der Waals surface area contributed by atoms with Crippen molar-refractivity contribution in [2.24, 2.45) is 0 Å². The first-order valence-corrected chi connectivity index (χ1v) is 8.54. The summed E-state index contributed by atoms with van der Waals surface area (Å²) < 4.78 is 1.78. The number of fused-ring (bicyclic) bond motifs is 1. The van der Waals surface area contributed by atoms with Gasteiger partial charge in [0.2, 0.25) is 0 Å². The first-order valence-electron chi connectivity index (χ1n) is 7.66. The number of phenols is 1. The molecule has 0 radical (unpaired) electrons. The molecule has 3 aromatic heterocycles. The van der Waals surface area contributed by atoms with Crippen LogP contribution in [0, 0.1) is 0 Å². The summed E-state index contributed by atoms with van der Waals surface area (Å²) in [5.41, 5.74) is 4.57. The number of hydrogen-bond acceptors (Lipinski definition) is 6. The van der Waals surface area contributed by atoms with Gasteiger partial charge in [0.25, 0.3) is 0 Å². The highest BCUT2D eigenvalue weighted by atomic mass is 32.1. The lowest BCUT2D eigenvalue weighted by molar-refractivity contribution is 0.475. The van der Waals surface area contributed by atoms with E-state index in [2.05, 4.69) is 20.1 Å². The molecule has 24 heavy (non-hydrogen) atoms. The minimum absolute atomic E-state index is 0.295. The van der Waals surface area contributed by atoms with Crippen LogP contribution in [0.3, 0.4) is 0 Å². The van der Waals surface area contributed by atoms with Crippen LogP contribution < -0.4 is 0 Å². The highest BCUT2D eigenvalue weighted by molar-refractivity contribution is 7.13. The molecule has 0 fully saturated rings. The van der Waals surface area contributed by atoms with E-state index < -0.39 is 0 Å². The first kappa shape index (κ1) is 14.8. The molecule has 3 heterocycles. The predicted molar refractivity (Wildman–Crippen MR) is 92.0 cm³/mol. The van der Waals surface area contributed by atoms with Gasteiger partial charge in [-0.15, -0.1) is 11.3 Å². The number of aryl methyl sites for hydroxylation is 2.